The van der Waals surface area contributed by atoms with Crippen molar-refractivity contribution in [3.8, 4) is 0 Å². The lowest BCUT2D eigenvalue weighted by molar-refractivity contribution is -0.414. The molecule has 0 rings (SSSR count). The third-order valence-electron chi connectivity index (χ3n) is 5.89. The van der Waals surface area contributed by atoms with E-state index in [0.717, 1.165) is 0 Å². The number of alkyl halides is 23. The van der Waals surface area contributed by atoms with Gasteiger partial charge in [0.2, 0.25) is 0 Å². The van der Waals surface area contributed by atoms with E-state index >= 15 is 0 Å². The zero-order valence-corrected chi connectivity index (χ0v) is 23.7. The van der Waals surface area contributed by atoms with E-state index in [1.165, 1.54) is 0 Å². The number of carbonyl (C=O) groups excluding carboxylic acids is 2. The van der Waals surface area contributed by atoms with Gasteiger partial charge in [0.1, 0.15) is 0 Å². The Morgan fingerprint density at radius 3 is 1.18 bits per heavy atom. The first-order valence-corrected chi connectivity index (χ1v) is 13.0. The third-order valence-corrected chi connectivity index (χ3v) is 6.97. The van der Waals surface area contributed by atoms with Crippen molar-refractivity contribution in [3.05, 3.63) is 0 Å². The smallest absolute Gasteiger partial charge is 0.384 e. The molecule has 1 N–H and O–H groups in total. The van der Waals surface area contributed by atoms with E-state index in [2.05, 4.69) is 9.47 Å². The van der Waals surface area contributed by atoms with Crippen molar-refractivity contribution in [2.24, 2.45) is 0 Å². The van der Waals surface area contributed by atoms with Crippen molar-refractivity contribution in [1.82, 2.24) is 0 Å². The second kappa shape index (κ2) is 13.7. The largest absolute Gasteiger partial charge is 0.459 e. The lowest BCUT2D eigenvalue weighted by atomic mass is 9.93. The molecule has 298 valence electrons. The summed E-state index contributed by atoms with van der Waals surface area (Å²) in [5.41, 5.74) is 0. The van der Waals surface area contributed by atoms with E-state index in [1.807, 2.05) is 0 Å². The van der Waals surface area contributed by atoms with Gasteiger partial charge in [-0.2, -0.15) is 96.2 Å². The predicted molar refractivity (Wildman–Crippen MR) is 108 cm³/mol. The lowest BCUT2D eigenvalue weighted by Gasteiger charge is -2.39. The Morgan fingerprint density at radius 1 is 0.560 bits per heavy atom. The Morgan fingerprint density at radius 2 is 0.880 bits per heavy atom. The molecule has 2 atom stereocenters. The minimum atomic E-state index is -8.21. The molecule has 2 unspecified atom stereocenters. The van der Waals surface area contributed by atoms with Crippen molar-refractivity contribution in [2.45, 2.75) is 90.4 Å². The van der Waals surface area contributed by atoms with E-state index < -0.39 is 126 Å². The van der Waals surface area contributed by atoms with Gasteiger partial charge in [-0.15, -0.1) is 0 Å². The molecule has 0 aromatic rings. The first-order chi connectivity index (χ1) is 21.5. The van der Waals surface area contributed by atoms with Gasteiger partial charge < -0.3 is 9.47 Å². The van der Waals surface area contributed by atoms with Crippen LogP contribution in [-0.4, -0.2) is 115 Å². The Kier molecular flexibility index (Phi) is 12.9. The van der Waals surface area contributed by atoms with Crippen LogP contribution < -0.4 is 0 Å². The summed E-state index contributed by atoms with van der Waals surface area (Å²) in [5, 5.41) is -4.06. The highest BCUT2D eigenvalue weighted by atomic mass is 32.2. The van der Waals surface area contributed by atoms with Gasteiger partial charge in [0.25, 0.3) is 10.1 Å². The molecule has 0 saturated carbocycles. The molecule has 0 amide bonds. The molecule has 0 aliphatic carbocycles. The molecule has 0 aromatic heterocycles. The van der Waals surface area contributed by atoms with Crippen molar-refractivity contribution in [3.63, 3.8) is 0 Å². The SMILES string of the molecule is CC(F)C(F)(F)C(F)(F)C(F)(F)C(F)(F)C(F)(F)COC(=O)CC(C(=O)OCC(F)(F)C(F)(F)C(F)(F)C(F)(F)C(F)(F)C(F)F)S(=O)(=O)O. The summed E-state index contributed by atoms with van der Waals surface area (Å²) < 4.78 is 343. The molecule has 31 heteroatoms. The molecule has 0 aliphatic heterocycles. The Balaban J connectivity index is 6.16. The number of esters is 2. The van der Waals surface area contributed by atoms with E-state index in [0.29, 0.717) is 0 Å². The highest BCUT2D eigenvalue weighted by Gasteiger charge is 2.89. The van der Waals surface area contributed by atoms with Crippen molar-refractivity contribution in [2.75, 3.05) is 13.2 Å². The second-order valence-corrected chi connectivity index (χ2v) is 11.1. The third kappa shape index (κ3) is 7.70. The van der Waals surface area contributed by atoms with Gasteiger partial charge in [0.05, 0.1) is 6.42 Å². The fourth-order valence-corrected chi connectivity index (χ4v) is 3.44. The fraction of sp³-hybridized carbons (Fsp3) is 0.895. The summed E-state index contributed by atoms with van der Waals surface area (Å²) in [6, 6.07) is 0. The van der Waals surface area contributed by atoms with Gasteiger partial charge in [-0.3, -0.25) is 14.1 Å². The van der Waals surface area contributed by atoms with Gasteiger partial charge in [0, 0.05) is 0 Å². The molecule has 50 heavy (non-hydrogen) atoms. The molecular weight excluding hydrogens is 809 g/mol. The molecule has 0 spiro atoms. The molecule has 0 fully saturated rings. The number of carbonyl (C=O) groups is 2. The van der Waals surface area contributed by atoms with Gasteiger partial charge in [-0.05, 0) is 6.92 Å². The number of halogens is 23. The zero-order valence-electron chi connectivity index (χ0n) is 22.9. The standard InChI is InChI=1S/C19H13F23O7S/c1-5(20)12(27,28)16(35,36)18(39,40)14(31,32)10(23,24)3-48-7(43)2-6(50(45,46)47)8(44)49-4-11(25,26)15(33,34)19(41,42)17(37,38)13(29,30)9(21)22/h5-6,9H,2-4H2,1H3,(H,45,46,47). The van der Waals surface area contributed by atoms with Crippen LogP contribution in [0.2, 0.25) is 0 Å². The lowest BCUT2D eigenvalue weighted by Crippen LogP contribution is -2.69. The van der Waals surface area contributed by atoms with Crippen molar-refractivity contribution >= 4 is 22.1 Å². The van der Waals surface area contributed by atoms with E-state index in [4.69, 9.17) is 4.55 Å². The Labute approximate surface area is 259 Å². The van der Waals surface area contributed by atoms with Crippen LogP contribution in [0.1, 0.15) is 13.3 Å². The maximum atomic E-state index is 13.8. The van der Waals surface area contributed by atoms with Gasteiger partial charge in [-0.1, -0.05) is 0 Å². The van der Waals surface area contributed by atoms with E-state index in [9.17, 15) is 119 Å². The fourth-order valence-electron chi connectivity index (χ4n) is 2.79. The Bertz CT molecular complexity index is 1340. The number of ether oxygens (including phenoxy) is 2. The number of rotatable bonds is 18. The molecule has 0 saturated heterocycles. The topological polar surface area (TPSA) is 107 Å². The average molecular weight is 822 g/mol. The van der Waals surface area contributed by atoms with Gasteiger partial charge >= 0.3 is 77.6 Å². The predicted octanol–water partition coefficient (Wildman–Crippen LogP) is 6.70. The molecule has 0 radical (unpaired) electrons. The Hall–Kier alpha value is -2.76. The first kappa shape index (κ1) is 47.2. The normalized spacial score (nSPS) is 16.7. The van der Waals surface area contributed by atoms with Crippen LogP contribution in [0, 0.1) is 0 Å². The highest BCUT2D eigenvalue weighted by Crippen LogP contribution is 2.59. The first-order valence-electron chi connectivity index (χ1n) is 11.5. The minimum Gasteiger partial charge on any atom is -0.459 e. The average Bonchev–Trinajstić information content (AvgIpc) is 2.91. The molecular formula is C19H13F23O7S. The molecule has 0 aliphatic rings. The van der Waals surface area contributed by atoms with Gasteiger partial charge in [-0.25, -0.2) is 13.2 Å². The van der Waals surface area contributed by atoms with Gasteiger partial charge in [0.15, 0.2) is 24.6 Å². The maximum Gasteiger partial charge on any atom is 0.384 e. The van der Waals surface area contributed by atoms with Crippen LogP contribution in [0.15, 0.2) is 0 Å². The van der Waals surface area contributed by atoms with Crippen molar-refractivity contribution in [1.29, 1.82) is 0 Å². The second-order valence-electron chi connectivity index (χ2n) is 9.49. The maximum absolute atomic E-state index is 13.8. The van der Waals surface area contributed by atoms with Crippen LogP contribution in [0.25, 0.3) is 0 Å². The quantitative estimate of drug-likeness (QED) is 0.0933. The van der Waals surface area contributed by atoms with Crippen LogP contribution in [-0.2, 0) is 29.2 Å². The minimum absolute atomic E-state index is 0.614. The molecule has 0 heterocycles. The van der Waals surface area contributed by atoms with Crippen LogP contribution in [0.5, 0.6) is 0 Å². The molecule has 0 bridgehead atoms. The molecule has 7 nitrogen and oxygen atoms in total. The number of hydrogen-bond donors (Lipinski definition) is 1. The van der Waals surface area contributed by atoms with E-state index in [1.54, 1.807) is 0 Å². The summed E-state index contributed by atoms with van der Waals surface area (Å²) in [5.74, 6) is -82.5. The summed E-state index contributed by atoms with van der Waals surface area (Å²) in [6.45, 7) is -8.22. The van der Waals surface area contributed by atoms with Crippen LogP contribution in [0.4, 0.5) is 101 Å². The summed E-state index contributed by atoms with van der Waals surface area (Å²) in [6.07, 6.45) is -13.2. The van der Waals surface area contributed by atoms with Crippen LogP contribution in [0.3, 0.4) is 0 Å². The highest BCUT2D eigenvalue weighted by molar-refractivity contribution is 7.87. The monoisotopic (exact) mass is 822 g/mol. The zero-order chi connectivity index (χ0) is 40.9. The summed E-state index contributed by atoms with van der Waals surface area (Å²) in [4.78, 5) is 23.2. The van der Waals surface area contributed by atoms with Crippen molar-refractivity contribution < 1.29 is 133 Å². The summed E-state index contributed by atoms with van der Waals surface area (Å²) in [7, 11) is -6.52. The molecule has 0 aromatic carbocycles. The number of hydrogen-bond acceptors (Lipinski definition) is 6. The van der Waals surface area contributed by atoms with E-state index in [-0.39, 0.29) is 0 Å². The van der Waals surface area contributed by atoms with Crippen LogP contribution >= 0.6 is 0 Å². The summed E-state index contributed by atoms with van der Waals surface area (Å²) >= 11 is 0.